The first-order chi connectivity index (χ1) is 13.0. The molecule has 1 aromatic carbocycles. The maximum Gasteiger partial charge on any atom is 0.410 e. The van der Waals surface area contributed by atoms with Gasteiger partial charge in [0.05, 0.1) is 20.2 Å². The number of likely N-dealkylation sites (N-methyl/N-ethyl adjacent to an activating group) is 1. The van der Waals surface area contributed by atoms with Crippen LogP contribution in [0, 0.1) is 0 Å². The molecule has 0 bridgehead atoms. The van der Waals surface area contributed by atoms with Crippen molar-refractivity contribution in [2.45, 2.75) is 44.2 Å². The Labute approximate surface area is 159 Å². The molecule has 3 amide bonds. The Balaban J connectivity index is 1.40. The number of amides is 3. The van der Waals surface area contributed by atoms with Crippen LogP contribution in [-0.4, -0.2) is 61.3 Å². The van der Waals surface area contributed by atoms with Crippen LogP contribution in [0.1, 0.15) is 36.0 Å². The van der Waals surface area contributed by atoms with E-state index >= 15 is 0 Å². The van der Waals surface area contributed by atoms with Gasteiger partial charge in [-0.25, -0.2) is 9.59 Å². The van der Waals surface area contributed by atoms with Crippen LogP contribution in [0.15, 0.2) is 12.1 Å². The molecule has 7 nitrogen and oxygen atoms in total. The number of urea groups is 1. The van der Waals surface area contributed by atoms with E-state index in [-0.39, 0.29) is 12.1 Å². The summed E-state index contributed by atoms with van der Waals surface area (Å²) in [4.78, 5) is 27.8. The molecule has 4 rings (SSSR count). The highest BCUT2D eigenvalue weighted by atomic mass is 16.6. The fourth-order valence-corrected chi connectivity index (χ4v) is 4.54. The number of aryl methyl sites for hydroxylation is 2. The number of nitrogens with zero attached hydrogens (tertiary/aromatic N) is 2. The van der Waals surface area contributed by atoms with Gasteiger partial charge in [-0.15, -0.1) is 0 Å². The molecule has 0 aromatic heterocycles. The molecule has 3 aliphatic rings. The third-order valence-electron chi connectivity index (χ3n) is 5.89. The lowest BCUT2D eigenvalue weighted by Gasteiger charge is -2.38. The van der Waals surface area contributed by atoms with Gasteiger partial charge in [-0.3, -0.25) is 0 Å². The Morgan fingerprint density at radius 1 is 1.26 bits per heavy atom. The predicted octanol–water partition coefficient (Wildman–Crippen LogP) is 2.31. The van der Waals surface area contributed by atoms with Crippen molar-refractivity contribution in [2.24, 2.45) is 0 Å². The van der Waals surface area contributed by atoms with Gasteiger partial charge in [0.25, 0.3) is 0 Å². The van der Waals surface area contributed by atoms with Gasteiger partial charge in [0.2, 0.25) is 0 Å². The maximum atomic E-state index is 12.7. The van der Waals surface area contributed by atoms with E-state index in [1.807, 2.05) is 0 Å². The monoisotopic (exact) mass is 373 g/mol. The Bertz CT molecular complexity index is 766. The molecule has 1 atom stereocenters. The highest BCUT2D eigenvalue weighted by Crippen LogP contribution is 2.32. The number of methoxy groups -OCH3 is 1. The topological polar surface area (TPSA) is 71.1 Å². The van der Waals surface area contributed by atoms with Gasteiger partial charge in [-0.1, -0.05) is 6.07 Å². The molecule has 146 valence electrons. The number of ether oxygens (including phenoxy) is 2. The molecule has 1 spiro atoms. The summed E-state index contributed by atoms with van der Waals surface area (Å²) >= 11 is 0. The number of carbonyl (C=O) groups is 2. The van der Waals surface area contributed by atoms with Crippen molar-refractivity contribution in [1.29, 1.82) is 0 Å². The first kappa shape index (κ1) is 17.9. The number of likely N-dealkylation sites (tertiary alicyclic amines) is 1. The zero-order valence-corrected chi connectivity index (χ0v) is 16.0. The largest absolute Gasteiger partial charge is 0.496 e. The summed E-state index contributed by atoms with van der Waals surface area (Å²) in [5, 5.41) is 3.02. The van der Waals surface area contributed by atoms with Crippen LogP contribution in [0.5, 0.6) is 5.75 Å². The van der Waals surface area contributed by atoms with Gasteiger partial charge >= 0.3 is 12.1 Å². The summed E-state index contributed by atoms with van der Waals surface area (Å²) in [5.74, 6) is 0.831. The number of hydrogen-bond donors (Lipinski definition) is 1. The third kappa shape index (κ3) is 3.42. The first-order valence-electron chi connectivity index (χ1n) is 9.65. The van der Waals surface area contributed by atoms with Crippen molar-refractivity contribution in [3.63, 3.8) is 0 Å². The molecular formula is C20H27N3O4. The minimum Gasteiger partial charge on any atom is -0.496 e. The number of rotatable bonds is 3. The van der Waals surface area contributed by atoms with E-state index in [0.717, 1.165) is 37.0 Å². The van der Waals surface area contributed by atoms with Crippen molar-refractivity contribution < 1.29 is 19.1 Å². The van der Waals surface area contributed by atoms with Crippen LogP contribution in [-0.2, 0) is 24.1 Å². The number of benzene rings is 1. The summed E-state index contributed by atoms with van der Waals surface area (Å²) in [6.07, 6.45) is 4.69. The van der Waals surface area contributed by atoms with Crippen molar-refractivity contribution in [3.8, 4) is 5.75 Å². The minimum atomic E-state index is -0.563. The smallest absolute Gasteiger partial charge is 0.410 e. The third-order valence-corrected chi connectivity index (χ3v) is 5.89. The number of fused-ring (bicyclic) bond motifs is 1. The highest BCUT2D eigenvalue weighted by Gasteiger charge is 2.47. The molecule has 2 aliphatic heterocycles. The zero-order chi connectivity index (χ0) is 19.0. The first-order valence-corrected chi connectivity index (χ1v) is 9.65. The van der Waals surface area contributed by atoms with Crippen molar-refractivity contribution in [3.05, 3.63) is 28.8 Å². The number of carbonyl (C=O) groups excluding carboxylic acids is 2. The van der Waals surface area contributed by atoms with Gasteiger partial charge in [-0.05, 0) is 49.3 Å². The fourth-order valence-electron chi connectivity index (χ4n) is 4.54. The molecule has 1 aliphatic carbocycles. The number of nitrogens with one attached hydrogen (secondary N) is 1. The summed E-state index contributed by atoms with van der Waals surface area (Å²) in [6, 6.07) is 4.14. The van der Waals surface area contributed by atoms with Crippen LogP contribution in [0.4, 0.5) is 9.59 Å². The van der Waals surface area contributed by atoms with Crippen molar-refractivity contribution >= 4 is 12.1 Å². The zero-order valence-electron chi connectivity index (χ0n) is 16.0. The average molecular weight is 373 g/mol. The lowest BCUT2D eigenvalue weighted by Crippen LogP contribution is -2.54. The fraction of sp³-hybridized carbons (Fsp3) is 0.600. The predicted molar refractivity (Wildman–Crippen MR) is 99.9 cm³/mol. The molecule has 2 fully saturated rings. The molecule has 0 radical (unpaired) electrons. The quantitative estimate of drug-likeness (QED) is 0.883. The second-order valence-electron chi connectivity index (χ2n) is 7.88. The Kier molecular flexibility index (Phi) is 4.61. The molecule has 27 heavy (non-hydrogen) atoms. The maximum absolute atomic E-state index is 12.7. The van der Waals surface area contributed by atoms with Crippen LogP contribution >= 0.6 is 0 Å². The molecule has 2 saturated heterocycles. The highest BCUT2D eigenvalue weighted by molar-refractivity contribution is 5.75. The summed E-state index contributed by atoms with van der Waals surface area (Å²) < 4.78 is 11.1. The van der Waals surface area contributed by atoms with Crippen LogP contribution in [0.3, 0.4) is 0 Å². The average Bonchev–Trinajstić information content (AvgIpc) is 3.22. The molecule has 1 aromatic rings. The Morgan fingerprint density at radius 3 is 2.74 bits per heavy atom. The molecule has 7 heteroatoms. The van der Waals surface area contributed by atoms with E-state index in [0.29, 0.717) is 26.2 Å². The van der Waals surface area contributed by atoms with Gasteiger partial charge < -0.3 is 24.6 Å². The van der Waals surface area contributed by atoms with E-state index in [2.05, 4.69) is 17.4 Å². The summed E-state index contributed by atoms with van der Waals surface area (Å²) in [7, 11) is 3.40. The minimum absolute atomic E-state index is 0.123. The SMILES string of the molecule is COc1cc2c(cc1CNC(=O)N1CCCC3(CN(C)C(=O)O3)C1)CCC2. The molecular weight excluding hydrogens is 346 g/mol. The van der Waals surface area contributed by atoms with Gasteiger partial charge in [0.15, 0.2) is 0 Å². The Morgan fingerprint density at radius 2 is 2.04 bits per heavy atom. The van der Waals surface area contributed by atoms with E-state index in [9.17, 15) is 9.59 Å². The van der Waals surface area contributed by atoms with Gasteiger partial charge in [0, 0.05) is 25.7 Å². The van der Waals surface area contributed by atoms with Crippen LogP contribution in [0.2, 0.25) is 0 Å². The lowest BCUT2D eigenvalue weighted by atomic mass is 9.93. The van der Waals surface area contributed by atoms with Crippen molar-refractivity contribution in [1.82, 2.24) is 15.1 Å². The van der Waals surface area contributed by atoms with Crippen molar-refractivity contribution in [2.75, 3.05) is 33.8 Å². The van der Waals surface area contributed by atoms with Gasteiger partial charge in [-0.2, -0.15) is 0 Å². The molecule has 2 heterocycles. The molecule has 1 unspecified atom stereocenters. The van der Waals surface area contributed by atoms with Crippen LogP contribution < -0.4 is 10.1 Å². The van der Waals surface area contributed by atoms with E-state index in [4.69, 9.17) is 9.47 Å². The van der Waals surface area contributed by atoms with E-state index < -0.39 is 5.60 Å². The van der Waals surface area contributed by atoms with Gasteiger partial charge in [0.1, 0.15) is 11.4 Å². The molecule has 1 N–H and O–H groups in total. The normalized spacial score (nSPS) is 24.1. The van der Waals surface area contributed by atoms with E-state index in [1.54, 1.807) is 24.0 Å². The summed E-state index contributed by atoms with van der Waals surface area (Å²) in [5.41, 5.74) is 3.15. The second kappa shape index (κ2) is 6.94. The standard InChI is InChI=1S/C20H27N3O4/c1-22-12-20(27-19(22)25)7-4-8-23(13-20)18(24)21-11-16-9-14-5-3-6-15(14)10-17(16)26-2/h9-10H,3-8,11-13H2,1-2H3,(H,21,24). The number of piperidine rings is 1. The lowest BCUT2D eigenvalue weighted by molar-refractivity contribution is 0.00317. The Hall–Kier alpha value is -2.44. The second-order valence-corrected chi connectivity index (χ2v) is 7.88. The molecule has 0 saturated carbocycles. The van der Waals surface area contributed by atoms with E-state index in [1.165, 1.54) is 17.5 Å². The number of hydrogen-bond acceptors (Lipinski definition) is 4. The van der Waals surface area contributed by atoms with Crippen LogP contribution in [0.25, 0.3) is 0 Å². The summed E-state index contributed by atoms with van der Waals surface area (Å²) in [6.45, 7) is 2.08.